The highest BCUT2D eigenvalue weighted by Crippen LogP contribution is 2.27. The van der Waals surface area contributed by atoms with Crippen LogP contribution in [0.5, 0.6) is 0 Å². The Morgan fingerprint density at radius 3 is 2.38 bits per heavy atom. The van der Waals surface area contributed by atoms with Gasteiger partial charge in [0.15, 0.2) is 0 Å². The van der Waals surface area contributed by atoms with E-state index in [4.69, 9.17) is 11.5 Å². The summed E-state index contributed by atoms with van der Waals surface area (Å²) in [6, 6.07) is 10.5. The van der Waals surface area contributed by atoms with Gasteiger partial charge in [0.05, 0.1) is 5.56 Å². The Labute approximate surface area is 121 Å². The number of benzene rings is 2. The maximum Gasteiger partial charge on any atom is 0.337 e. The maximum atomic E-state index is 11.3. The number of carboxylic acids is 1. The summed E-state index contributed by atoms with van der Waals surface area (Å²) < 4.78 is 31.9. The molecule has 0 saturated carbocycles. The molecule has 0 atom stereocenters. The van der Waals surface area contributed by atoms with Crippen molar-refractivity contribution in [1.29, 1.82) is 0 Å². The van der Waals surface area contributed by atoms with Crippen LogP contribution in [-0.4, -0.2) is 24.0 Å². The number of rotatable bonds is 3. The molecule has 0 heterocycles. The van der Waals surface area contributed by atoms with Crippen molar-refractivity contribution in [2.24, 2.45) is 0 Å². The topological polar surface area (TPSA) is 91.7 Å². The summed E-state index contributed by atoms with van der Waals surface area (Å²) in [7, 11) is -4.66. The number of terminal acetylenes is 1. The van der Waals surface area contributed by atoms with Crippen molar-refractivity contribution < 1.29 is 22.9 Å². The van der Waals surface area contributed by atoms with Crippen molar-refractivity contribution in [3.8, 4) is 23.5 Å². The first-order valence-corrected chi connectivity index (χ1v) is 7.19. The van der Waals surface area contributed by atoms with Crippen LogP contribution in [0.1, 0.15) is 15.9 Å². The second-order valence-electron chi connectivity index (χ2n) is 4.18. The van der Waals surface area contributed by atoms with Gasteiger partial charge in [0, 0.05) is 5.56 Å². The second-order valence-corrected chi connectivity index (χ2v) is 5.57. The smallest absolute Gasteiger partial charge is 0.337 e. The molecule has 106 valence electrons. The van der Waals surface area contributed by atoms with Gasteiger partial charge in [-0.15, -0.1) is 6.42 Å². The summed E-state index contributed by atoms with van der Waals surface area (Å²) in [6.45, 7) is 0. The Morgan fingerprint density at radius 2 is 1.81 bits per heavy atom. The first-order valence-electron chi connectivity index (χ1n) is 5.75. The Balaban J connectivity index is 2.75. The number of carbonyl (C=O) groups is 1. The monoisotopic (exact) mass is 302 g/mol. The van der Waals surface area contributed by atoms with E-state index in [9.17, 15) is 17.8 Å². The Hall–Kier alpha value is -2.62. The first kappa shape index (κ1) is 14.8. The number of aromatic carboxylic acids is 1. The zero-order valence-electron chi connectivity index (χ0n) is 10.6. The second kappa shape index (κ2) is 5.40. The van der Waals surface area contributed by atoms with Gasteiger partial charge in [-0.2, -0.15) is 8.42 Å². The lowest BCUT2D eigenvalue weighted by Gasteiger charge is -2.08. The highest BCUT2D eigenvalue weighted by atomic mass is 32.2. The molecule has 5 nitrogen and oxygen atoms in total. The van der Waals surface area contributed by atoms with Crippen LogP contribution in [0.2, 0.25) is 0 Å². The fourth-order valence-corrected chi connectivity index (χ4v) is 2.65. The van der Waals surface area contributed by atoms with Gasteiger partial charge in [0.25, 0.3) is 10.1 Å². The summed E-state index contributed by atoms with van der Waals surface area (Å²) in [5.74, 6) is 1.02. The molecule has 0 aromatic heterocycles. The molecular formula is C15H10O5S. The number of carboxylic acid groups (broad SMARTS) is 1. The van der Waals surface area contributed by atoms with E-state index in [1.54, 1.807) is 24.3 Å². The zero-order chi connectivity index (χ0) is 15.6. The van der Waals surface area contributed by atoms with E-state index in [0.29, 0.717) is 16.7 Å². The van der Waals surface area contributed by atoms with Crippen LogP contribution < -0.4 is 0 Å². The predicted molar refractivity (Wildman–Crippen MR) is 76.6 cm³/mol. The molecule has 2 aromatic carbocycles. The standard InChI is InChI=1S/C15H10O5S/c1-2-10-5-3-4-6-12(10)11-7-8-13(15(16)17)14(9-11)21(18,19)20/h1,3-9H,(H,16,17)(H,18,19,20). The largest absolute Gasteiger partial charge is 0.478 e. The number of hydrogen-bond donors (Lipinski definition) is 2. The highest BCUT2D eigenvalue weighted by Gasteiger charge is 2.21. The molecule has 0 saturated heterocycles. The SMILES string of the molecule is C#Cc1ccccc1-c1ccc(C(=O)O)c(S(=O)(=O)O)c1. The lowest BCUT2D eigenvalue weighted by molar-refractivity contribution is 0.0692. The minimum absolute atomic E-state index is 0.404. The van der Waals surface area contributed by atoms with Gasteiger partial charge in [-0.3, -0.25) is 4.55 Å². The van der Waals surface area contributed by atoms with Crippen LogP contribution in [-0.2, 0) is 10.1 Å². The van der Waals surface area contributed by atoms with Crippen LogP contribution in [0.15, 0.2) is 47.4 Å². The van der Waals surface area contributed by atoms with Gasteiger partial charge in [-0.1, -0.05) is 30.2 Å². The Kier molecular flexibility index (Phi) is 3.80. The molecule has 2 N–H and O–H groups in total. The summed E-state index contributed by atoms with van der Waals surface area (Å²) >= 11 is 0. The van der Waals surface area contributed by atoms with Gasteiger partial charge in [-0.25, -0.2) is 4.79 Å². The summed E-state index contributed by atoms with van der Waals surface area (Å²) in [5.41, 5.74) is 1.00. The predicted octanol–water partition coefficient (Wildman–Crippen LogP) is 2.28. The quantitative estimate of drug-likeness (QED) is 0.670. The molecular weight excluding hydrogens is 292 g/mol. The van der Waals surface area contributed by atoms with Crippen molar-refractivity contribution in [1.82, 2.24) is 0 Å². The molecule has 0 bridgehead atoms. The normalized spacial score (nSPS) is 10.9. The van der Waals surface area contributed by atoms with E-state index in [-0.39, 0.29) is 0 Å². The highest BCUT2D eigenvalue weighted by molar-refractivity contribution is 7.86. The molecule has 0 aliphatic carbocycles. The van der Waals surface area contributed by atoms with Crippen LogP contribution in [0, 0.1) is 12.3 Å². The third kappa shape index (κ3) is 2.94. The third-order valence-electron chi connectivity index (χ3n) is 2.88. The Bertz CT molecular complexity index is 860. The van der Waals surface area contributed by atoms with Crippen molar-refractivity contribution in [2.75, 3.05) is 0 Å². The van der Waals surface area contributed by atoms with E-state index in [1.807, 2.05) is 0 Å². The fraction of sp³-hybridized carbons (Fsp3) is 0. The van der Waals surface area contributed by atoms with Crippen molar-refractivity contribution in [3.05, 3.63) is 53.6 Å². The molecule has 6 heteroatoms. The van der Waals surface area contributed by atoms with Gasteiger partial charge in [-0.05, 0) is 29.3 Å². The van der Waals surface area contributed by atoms with Crippen LogP contribution in [0.25, 0.3) is 11.1 Å². The third-order valence-corrected chi connectivity index (χ3v) is 3.78. The van der Waals surface area contributed by atoms with E-state index in [0.717, 1.165) is 12.1 Å². The molecule has 21 heavy (non-hydrogen) atoms. The van der Waals surface area contributed by atoms with Crippen LogP contribution >= 0.6 is 0 Å². The van der Waals surface area contributed by atoms with Crippen molar-refractivity contribution in [3.63, 3.8) is 0 Å². The lowest BCUT2D eigenvalue weighted by atomic mass is 9.99. The molecule has 0 amide bonds. The summed E-state index contributed by atoms with van der Waals surface area (Å²) in [6.07, 6.45) is 5.38. The van der Waals surface area contributed by atoms with Crippen molar-refractivity contribution in [2.45, 2.75) is 4.90 Å². The molecule has 0 aliphatic heterocycles. The average Bonchev–Trinajstić information content (AvgIpc) is 2.45. The average molecular weight is 302 g/mol. The first-order chi connectivity index (χ1) is 9.84. The van der Waals surface area contributed by atoms with E-state index in [1.165, 1.54) is 6.07 Å². The summed E-state index contributed by atoms with van der Waals surface area (Å²) in [5, 5.41) is 8.98. The molecule has 0 unspecified atom stereocenters. The minimum Gasteiger partial charge on any atom is -0.478 e. The number of hydrogen-bond acceptors (Lipinski definition) is 3. The van der Waals surface area contributed by atoms with Gasteiger partial charge in [0.2, 0.25) is 0 Å². The maximum absolute atomic E-state index is 11.3. The molecule has 0 radical (unpaired) electrons. The van der Waals surface area contributed by atoms with E-state index in [2.05, 4.69) is 5.92 Å². The molecule has 0 spiro atoms. The molecule has 2 rings (SSSR count). The van der Waals surface area contributed by atoms with E-state index >= 15 is 0 Å². The lowest BCUT2D eigenvalue weighted by Crippen LogP contribution is -2.08. The van der Waals surface area contributed by atoms with E-state index < -0.39 is 26.5 Å². The van der Waals surface area contributed by atoms with Crippen molar-refractivity contribution >= 4 is 16.1 Å². The van der Waals surface area contributed by atoms with Gasteiger partial charge in [0.1, 0.15) is 4.90 Å². The molecule has 0 aliphatic rings. The Morgan fingerprint density at radius 1 is 1.14 bits per heavy atom. The molecule has 2 aromatic rings. The zero-order valence-corrected chi connectivity index (χ0v) is 11.5. The van der Waals surface area contributed by atoms with Gasteiger partial charge < -0.3 is 5.11 Å². The van der Waals surface area contributed by atoms with Crippen LogP contribution in [0.4, 0.5) is 0 Å². The van der Waals surface area contributed by atoms with Gasteiger partial charge >= 0.3 is 5.97 Å². The fourth-order valence-electron chi connectivity index (χ4n) is 1.94. The van der Waals surface area contributed by atoms with Crippen LogP contribution in [0.3, 0.4) is 0 Å². The molecule has 0 fully saturated rings. The minimum atomic E-state index is -4.66. The summed E-state index contributed by atoms with van der Waals surface area (Å²) in [4.78, 5) is 10.4.